The lowest BCUT2D eigenvalue weighted by Gasteiger charge is -2.07. The molecule has 112 valence electrons. The minimum Gasteiger partial charge on any atom is -0.465 e. The average Bonchev–Trinajstić information content (AvgIpc) is 2.88. The van der Waals surface area contributed by atoms with Gasteiger partial charge in [0.25, 0.3) is 0 Å². The molecule has 0 radical (unpaired) electrons. The summed E-state index contributed by atoms with van der Waals surface area (Å²) < 4.78 is 1.53. The van der Waals surface area contributed by atoms with Crippen LogP contribution in [-0.4, -0.2) is 30.8 Å². The van der Waals surface area contributed by atoms with E-state index in [0.29, 0.717) is 18.0 Å². The van der Waals surface area contributed by atoms with Crippen molar-refractivity contribution < 1.29 is 9.90 Å². The second kappa shape index (κ2) is 5.68. The van der Waals surface area contributed by atoms with Crippen molar-refractivity contribution in [2.24, 2.45) is 0 Å². The minimum atomic E-state index is -1.19. The summed E-state index contributed by atoms with van der Waals surface area (Å²) in [5.74, 6) is 0.665. The molecule has 0 aliphatic rings. The molecule has 3 rings (SSSR count). The molecule has 2 aromatic heterocycles. The fourth-order valence-electron chi connectivity index (χ4n) is 2.14. The van der Waals surface area contributed by atoms with E-state index in [1.165, 1.54) is 9.96 Å². The van der Waals surface area contributed by atoms with E-state index in [2.05, 4.69) is 31.9 Å². The molecular weight excluding hydrogens is 284 g/mol. The van der Waals surface area contributed by atoms with Gasteiger partial charge in [0, 0.05) is 18.9 Å². The van der Waals surface area contributed by atoms with Gasteiger partial charge in [-0.05, 0) is 12.5 Å². The summed E-state index contributed by atoms with van der Waals surface area (Å²) in [6.07, 6.45) is 1.96. The zero-order valence-corrected chi connectivity index (χ0v) is 11.8. The van der Waals surface area contributed by atoms with Crippen LogP contribution in [-0.2, 0) is 6.54 Å². The predicted molar refractivity (Wildman–Crippen MR) is 80.9 cm³/mol. The molecule has 1 aromatic carbocycles. The topological polar surface area (TPSA) is 104 Å². The number of nitrogens with one attached hydrogen (secondary N) is 2. The first-order valence-electron chi connectivity index (χ1n) is 6.62. The molecule has 0 atom stereocenters. The van der Waals surface area contributed by atoms with Crippen molar-refractivity contribution in [1.29, 1.82) is 0 Å². The minimum absolute atomic E-state index is 0.128. The largest absolute Gasteiger partial charge is 0.465 e. The molecule has 8 nitrogen and oxygen atoms in total. The Morgan fingerprint density at radius 3 is 3.00 bits per heavy atom. The summed E-state index contributed by atoms with van der Waals surface area (Å²) in [6, 6.07) is 8.12. The number of fused-ring (bicyclic) bond motifs is 1. The highest BCUT2D eigenvalue weighted by molar-refractivity contribution is 5.81. The van der Waals surface area contributed by atoms with Crippen molar-refractivity contribution >= 4 is 23.5 Å². The molecule has 3 N–H and O–H groups in total. The number of carbonyl (C=O) groups is 1. The highest BCUT2D eigenvalue weighted by Gasteiger charge is 2.11. The number of nitrogens with zero attached hydrogens (tertiary/aromatic N) is 4. The Kier molecular flexibility index (Phi) is 3.57. The number of amides is 1. The SMILES string of the molecule is Cc1cccc(CNc2nccn3c(NC(=O)O)nnc23)c1. The first kappa shape index (κ1) is 13.8. The van der Waals surface area contributed by atoms with Crippen LogP contribution in [0.4, 0.5) is 16.6 Å². The lowest BCUT2D eigenvalue weighted by atomic mass is 10.1. The summed E-state index contributed by atoms with van der Waals surface area (Å²) in [4.78, 5) is 14.9. The molecule has 0 saturated heterocycles. The van der Waals surface area contributed by atoms with Gasteiger partial charge in [0.15, 0.2) is 5.82 Å². The summed E-state index contributed by atoms with van der Waals surface area (Å²) >= 11 is 0. The maximum Gasteiger partial charge on any atom is 0.411 e. The van der Waals surface area contributed by atoms with Crippen molar-refractivity contribution in [3.63, 3.8) is 0 Å². The van der Waals surface area contributed by atoms with E-state index < -0.39 is 6.09 Å². The number of rotatable bonds is 4. The zero-order chi connectivity index (χ0) is 15.5. The quantitative estimate of drug-likeness (QED) is 0.681. The van der Waals surface area contributed by atoms with Gasteiger partial charge in [0.2, 0.25) is 11.6 Å². The van der Waals surface area contributed by atoms with Crippen LogP contribution in [0.3, 0.4) is 0 Å². The molecule has 1 amide bonds. The molecule has 0 aliphatic heterocycles. The normalized spacial score (nSPS) is 10.6. The summed E-state index contributed by atoms with van der Waals surface area (Å²) in [5, 5.41) is 21.9. The Hall–Kier alpha value is -3.16. The van der Waals surface area contributed by atoms with Crippen molar-refractivity contribution in [3.05, 3.63) is 47.8 Å². The molecule has 2 heterocycles. The Labute approximate surface area is 125 Å². The molecule has 0 fully saturated rings. The number of aryl methyl sites for hydroxylation is 1. The summed E-state index contributed by atoms with van der Waals surface area (Å²) in [7, 11) is 0. The van der Waals surface area contributed by atoms with Crippen LogP contribution in [0.2, 0.25) is 0 Å². The fraction of sp³-hybridized carbons (Fsp3) is 0.143. The molecule has 22 heavy (non-hydrogen) atoms. The number of hydrogen-bond acceptors (Lipinski definition) is 5. The second-order valence-electron chi connectivity index (χ2n) is 4.77. The van der Waals surface area contributed by atoms with E-state index in [1.54, 1.807) is 12.4 Å². The van der Waals surface area contributed by atoms with E-state index in [9.17, 15) is 4.79 Å². The van der Waals surface area contributed by atoms with Crippen molar-refractivity contribution in [3.8, 4) is 0 Å². The van der Waals surface area contributed by atoms with Crippen LogP contribution >= 0.6 is 0 Å². The average molecular weight is 298 g/mol. The predicted octanol–water partition coefficient (Wildman–Crippen LogP) is 2.13. The van der Waals surface area contributed by atoms with Gasteiger partial charge < -0.3 is 10.4 Å². The van der Waals surface area contributed by atoms with E-state index in [1.807, 2.05) is 25.1 Å². The van der Waals surface area contributed by atoms with E-state index in [0.717, 1.165) is 5.56 Å². The summed E-state index contributed by atoms with van der Waals surface area (Å²) in [6.45, 7) is 2.62. The molecule has 0 unspecified atom stereocenters. The van der Waals surface area contributed by atoms with Gasteiger partial charge in [-0.3, -0.25) is 9.72 Å². The van der Waals surface area contributed by atoms with Gasteiger partial charge in [-0.25, -0.2) is 9.78 Å². The standard InChI is InChI=1S/C14H14N6O2/c1-9-3-2-4-10(7-9)8-16-11-12-18-19-13(17-14(21)22)20(12)6-5-15-11/h2-7H,8H2,1H3,(H,15,16)(H,17,19)(H,21,22). The molecule has 0 spiro atoms. The zero-order valence-electron chi connectivity index (χ0n) is 11.8. The number of anilines is 2. The number of hydrogen-bond donors (Lipinski definition) is 3. The number of carboxylic acid groups (broad SMARTS) is 1. The number of aromatic nitrogens is 4. The first-order chi connectivity index (χ1) is 10.6. The molecule has 0 bridgehead atoms. The van der Waals surface area contributed by atoms with Crippen LogP contribution in [0, 0.1) is 6.92 Å². The maximum absolute atomic E-state index is 10.7. The van der Waals surface area contributed by atoms with E-state index in [4.69, 9.17) is 5.11 Å². The Balaban J connectivity index is 1.85. The van der Waals surface area contributed by atoms with Crippen molar-refractivity contribution in [1.82, 2.24) is 19.6 Å². The lowest BCUT2D eigenvalue weighted by Crippen LogP contribution is -2.10. The third-order valence-corrected chi connectivity index (χ3v) is 3.09. The third-order valence-electron chi connectivity index (χ3n) is 3.09. The Morgan fingerprint density at radius 2 is 2.23 bits per heavy atom. The van der Waals surface area contributed by atoms with Crippen LogP contribution in [0.15, 0.2) is 36.7 Å². The lowest BCUT2D eigenvalue weighted by molar-refractivity contribution is 0.209. The molecular formula is C14H14N6O2. The smallest absolute Gasteiger partial charge is 0.411 e. The van der Waals surface area contributed by atoms with Gasteiger partial charge in [0.05, 0.1) is 0 Å². The third kappa shape index (κ3) is 2.80. The fourth-order valence-corrected chi connectivity index (χ4v) is 2.14. The van der Waals surface area contributed by atoms with Gasteiger partial charge in [-0.2, -0.15) is 0 Å². The van der Waals surface area contributed by atoms with Crippen LogP contribution in [0.1, 0.15) is 11.1 Å². The molecule has 0 aliphatic carbocycles. The molecule has 0 saturated carbocycles. The maximum atomic E-state index is 10.7. The number of benzene rings is 1. The van der Waals surface area contributed by atoms with Gasteiger partial charge in [-0.1, -0.05) is 29.8 Å². The highest BCUT2D eigenvalue weighted by atomic mass is 16.4. The van der Waals surface area contributed by atoms with Crippen molar-refractivity contribution in [2.45, 2.75) is 13.5 Å². The first-order valence-corrected chi connectivity index (χ1v) is 6.62. The van der Waals surface area contributed by atoms with Gasteiger partial charge >= 0.3 is 6.09 Å². The molecule has 3 aromatic rings. The van der Waals surface area contributed by atoms with Crippen LogP contribution in [0.25, 0.3) is 5.65 Å². The Morgan fingerprint density at radius 1 is 1.36 bits per heavy atom. The molecule has 8 heteroatoms. The summed E-state index contributed by atoms with van der Waals surface area (Å²) in [5.41, 5.74) is 2.76. The second-order valence-corrected chi connectivity index (χ2v) is 4.77. The van der Waals surface area contributed by atoms with E-state index in [-0.39, 0.29) is 5.95 Å². The van der Waals surface area contributed by atoms with Crippen LogP contribution in [0.5, 0.6) is 0 Å². The Bertz CT molecular complexity index is 829. The monoisotopic (exact) mass is 298 g/mol. The highest BCUT2D eigenvalue weighted by Crippen LogP contribution is 2.16. The van der Waals surface area contributed by atoms with E-state index >= 15 is 0 Å². The van der Waals surface area contributed by atoms with Crippen molar-refractivity contribution in [2.75, 3.05) is 10.6 Å². The van der Waals surface area contributed by atoms with Gasteiger partial charge in [-0.15, -0.1) is 10.2 Å². The van der Waals surface area contributed by atoms with Crippen LogP contribution < -0.4 is 10.6 Å². The van der Waals surface area contributed by atoms with Gasteiger partial charge in [0.1, 0.15) is 0 Å².